The molecule has 0 amide bonds. The van der Waals surface area contributed by atoms with Gasteiger partial charge in [0, 0.05) is 6.42 Å². The number of hydrogen-bond donors (Lipinski definition) is 0. The van der Waals surface area contributed by atoms with Crippen LogP contribution in [0.2, 0.25) is 0 Å². The van der Waals surface area contributed by atoms with Gasteiger partial charge in [-0.3, -0.25) is 0 Å². The third kappa shape index (κ3) is 2.06. The Bertz CT molecular complexity index is 627. The molecule has 96 valence electrons. The van der Waals surface area contributed by atoms with Gasteiger partial charge in [0.15, 0.2) is 0 Å². The van der Waals surface area contributed by atoms with Crippen LogP contribution in [0.25, 0.3) is 11.1 Å². The van der Waals surface area contributed by atoms with Crippen molar-refractivity contribution in [1.29, 1.82) is 0 Å². The fourth-order valence-electron chi connectivity index (χ4n) is 2.51. The number of ether oxygens (including phenoxy) is 1. The average molecular weight is 250 g/mol. The lowest BCUT2D eigenvalue weighted by Crippen LogP contribution is -2.30. The molecule has 2 aromatic rings. The second kappa shape index (κ2) is 4.27. The van der Waals surface area contributed by atoms with Crippen LogP contribution in [0.1, 0.15) is 19.4 Å². The normalized spacial score (nSPS) is 20.7. The SMILES string of the molecule is C=C(C)[C@]1(C)Cc2cc(-c3ccccc3)ccc2O1. The minimum absolute atomic E-state index is 0.252. The van der Waals surface area contributed by atoms with Crippen LogP contribution >= 0.6 is 0 Å². The molecule has 19 heavy (non-hydrogen) atoms. The van der Waals surface area contributed by atoms with Crippen molar-refractivity contribution in [3.8, 4) is 16.9 Å². The van der Waals surface area contributed by atoms with Crippen LogP contribution in [0.3, 0.4) is 0 Å². The van der Waals surface area contributed by atoms with E-state index in [0.29, 0.717) is 0 Å². The summed E-state index contributed by atoms with van der Waals surface area (Å²) in [4.78, 5) is 0. The molecule has 0 saturated heterocycles. The molecule has 0 spiro atoms. The lowest BCUT2D eigenvalue weighted by Gasteiger charge is -2.23. The molecular formula is C18H18O. The van der Waals surface area contributed by atoms with Crippen LogP contribution < -0.4 is 4.74 Å². The summed E-state index contributed by atoms with van der Waals surface area (Å²) < 4.78 is 6.05. The minimum atomic E-state index is -0.252. The van der Waals surface area contributed by atoms with Crippen LogP contribution in [-0.4, -0.2) is 5.60 Å². The Hall–Kier alpha value is -2.02. The fraction of sp³-hybridized carbons (Fsp3) is 0.222. The lowest BCUT2D eigenvalue weighted by molar-refractivity contribution is 0.157. The molecule has 0 N–H and O–H groups in total. The van der Waals surface area contributed by atoms with E-state index in [2.05, 4.69) is 56.0 Å². The van der Waals surface area contributed by atoms with Gasteiger partial charge in [-0.15, -0.1) is 0 Å². The molecule has 0 aliphatic carbocycles. The Kier molecular flexibility index (Phi) is 2.70. The highest BCUT2D eigenvalue weighted by Gasteiger charge is 2.35. The summed E-state index contributed by atoms with van der Waals surface area (Å²) in [6.45, 7) is 8.19. The molecule has 0 saturated carbocycles. The fourth-order valence-corrected chi connectivity index (χ4v) is 2.51. The standard InChI is InChI=1S/C18H18O/c1-13(2)18(3)12-16-11-15(9-10-17(16)19-18)14-7-5-4-6-8-14/h4-11H,1,12H2,2-3H3/t18-/m0/s1. The quantitative estimate of drug-likeness (QED) is 0.706. The third-order valence-corrected chi connectivity index (χ3v) is 3.93. The Labute approximate surface area is 114 Å². The Balaban J connectivity index is 1.99. The summed E-state index contributed by atoms with van der Waals surface area (Å²) >= 11 is 0. The first-order chi connectivity index (χ1) is 9.08. The zero-order valence-corrected chi connectivity index (χ0v) is 11.4. The number of hydrogen-bond acceptors (Lipinski definition) is 1. The predicted molar refractivity (Wildman–Crippen MR) is 79.4 cm³/mol. The van der Waals surface area contributed by atoms with Crippen molar-refractivity contribution in [1.82, 2.24) is 0 Å². The molecule has 0 bridgehead atoms. The number of rotatable bonds is 2. The zero-order valence-electron chi connectivity index (χ0n) is 11.4. The number of fused-ring (bicyclic) bond motifs is 1. The highest BCUT2D eigenvalue weighted by Crippen LogP contribution is 2.40. The molecule has 0 fully saturated rings. The van der Waals surface area contributed by atoms with Crippen LogP contribution in [0, 0.1) is 0 Å². The molecule has 1 atom stereocenters. The molecule has 3 rings (SSSR count). The maximum atomic E-state index is 6.05. The van der Waals surface area contributed by atoms with E-state index in [1.165, 1.54) is 16.7 Å². The Morgan fingerprint density at radius 3 is 2.53 bits per heavy atom. The van der Waals surface area contributed by atoms with Crippen molar-refractivity contribution in [3.63, 3.8) is 0 Å². The second-order valence-electron chi connectivity index (χ2n) is 5.48. The predicted octanol–water partition coefficient (Wildman–Crippen LogP) is 4.62. The average Bonchev–Trinajstić information content (AvgIpc) is 2.76. The monoisotopic (exact) mass is 250 g/mol. The molecule has 1 heteroatoms. The summed E-state index contributed by atoms with van der Waals surface area (Å²) in [6.07, 6.45) is 0.901. The molecule has 1 aliphatic heterocycles. The van der Waals surface area contributed by atoms with Gasteiger partial charge in [-0.05, 0) is 48.2 Å². The van der Waals surface area contributed by atoms with Gasteiger partial charge in [-0.2, -0.15) is 0 Å². The smallest absolute Gasteiger partial charge is 0.131 e. The minimum Gasteiger partial charge on any atom is -0.483 e. The van der Waals surface area contributed by atoms with Gasteiger partial charge in [0.1, 0.15) is 11.4 Å². The van der Waals surface area contributed by atoms with E-state index in [-0.39, 0.29) is 5.60 Å². The van der Waals surface area contributed by atoms with E-state index in [0.717, 1.165) is 17.7 Å². The van der Waals surface area contributed by atoms with E-state index in [1.807, 2.05) is 13.0 Å². The molecule has 2 aromatic carbocycles. The van der Waals surface area contributed by atoms with Gasteiger partial charge >= 0.3 is 0 Å². The summed E-state index contributed by atoms with van der Waals surface area (Å²) in [5, 5.41) is 0. The van der Waals surface area contributed by atoms with E-state index in [1.54, 1.807) is 0 Å². The largest absolute Gasteiger partial charge is 0.483 e. The van der Waals surface area contributed by atoms with Crippen molar-refractivity contribution in [3.05, 3.63) is 66.2 Å². The van der Waals surface area contributed by atoms with Crippen molar-refractivity contribution >= 4 is 0 Å². The number of benzene rings is 2. The molecule has 0 aromatic heterocycles. The molecule has 1 aliphatic rings. The van der Waals surface area contributed by atoms with E-state index in [9.17, 15) is 0 Å². The van der Waals surface area contributed by atoms with Crippen LogP contribution in [0.5, 0.6) is 5.75 Å². The Morgan fingerprint density at radius 1 is 1.11 bits per heavy atom. The molecule has 0 unspecified atom stereocenters. The van der Waals surface area contributed by atoms with Crippen molar-refractivity contribution in [2.75, 3.05) is 0 Å². The highest BCUT2D eigenvalue weighted by molar-refractivity contribution is 5.66. The maximum absolute atomic E-state index is 6.05. The first-order valence-electron chi connectivity index (χ1n) is 6.62. The highest BCUT2D eigenvalue weighted by atomic mass is 16.5. The van der Waals surface area contributed by atoms with Gasteiger partial charge < -0.3 is 4.74 Å². The van der Waals surface area contributed by atoms with E-state index >= 15 is 0 Å². The summed E-state index contributed by atoms with van der Waals surface area (Å²) in [5.41, 5.74) is 4.58. The van der Waals surface area contributed by atoms with Crippen molar-refractivity contribution < 1.29 is 4.74 Å². The topological polar surface area (TPSA) is 9.23 Å². The molecular weight excluding hydrogens is 232 g/mol. The zero-order chi connectivity index (χ0) is 13.5. The van der Waals surface area contributed by atoms with Crippen molar-refractivity contribution in [2.24, 2.45) is 0 Å². The van der Waals surface area contributed by atoms with Crippen molar-refractivity contribution in [2.45, 2.75) is 25.9 Å². The van der Waals surface area contributed by atoms with Gasteiger partial charge in [-0.25, -0.2) is 0 Å². The third-order valence-electron chi connectivity index (χ3n) is 3.93. The Morgan fingerprint density at radius 2 is 1.84 bits per heavy atom. The van der Waals surface area contributed by atoms with E-state index in [4.69, 9.17) is 4.74 Å². The molecule has 0 radical (unpaired) electrons. The van der Waals surface area contributed by atoms with Crippen LogP contribution in [-0.2, 0) is 6.42 Å². The lowest BCUT2D eigenvalue weighted by atomic mass is 9.92. The van der Waals surface area contributed by atoms with Gasteiger partial charge in [-0.1, -0.05) is 43.0 Å². The summed E-state index contributed by atoms with van der Waals surface area (Å²) in [7, 11) is 0. The molecule has 1 heterocycles. The first kappa shape index (κ1) is 12.0. The maximum Gasteiger partial charge on any atom is 0.131 e. The van der Waals surface area contributed by atoms with Crippen LogP contribution in [0.4, 0.5) is 0 Å². The molecule has 1 nitrogen and oxygen atoms in total. The summed E-state index contributed by atoms with van der Waals surface area (Å²) in [5.74, 6) is 0.991. The van der Waals surface area contributed by atoms with Crippen LogP contribution in [0.15, 0.2) is 60.7 Å². The second-order valence-corrected chi connectivity index (χ2v) is 5.48. The van der Waals surface area contributed by atoms with Gasteiger partial charge in [0.05, 0.1) is 0 Å². The van der Waals surface area contributed by atoms with Gasteiger partial charge in [0.25, 0.3) is 0 Å². The van der Waals surface area contributed by atoms with E-state index < -0.39 is 0 Å². The van der Waals surface area contributed by atoms with Gasteiger partial charge in [0.2, 0.25) is 0 Å². The first-order valence-corrected chi connectivity index (χ1v) is 6.62. The summed E-state index contributed by atoms with van der Waals surface area (Å²) in [6, 6.07) is 16.9.